The predicted molar refractivity (Wildman–Crippen MR) is 83.9 cm³/mol. The van der Waals surface area contributed by atoms with Crippen LogP contribution in [-0.2, 0) is 4.74 Å². The van der Waals surface area contributed by atoms with Crippen LogP contribution in [-0.4, -0.2) is 23.8 Å². The third-order valence-corrected chi connectivity index (χ3v) is 3.78. The maximum absolute atomic E-state index is 11.6. The van der Waals surface area contributed by atoms with Crippen LogP contribution in [0.1, 0.15) is 33.6 Å². The number of para-hydroxylation sites is 1. The van der Waals surface area contributed by atoms with Crippen LogP contribution in [0.3, 0.4) is 0 Å². The van der Waals surface area contributed by atoms with Gasteiger partial charge in [0.1, 0.15) is 5.60 Å². The van der Waals surface area contributed by atoms with Crippen LogP contribution < -0.4 is 10.6 Å². The van der Waals surface area contributed by atoms with Crippen LogP contribution in [0.5, 0.6) is 0 Å². The minimum Gasteiger partial charge on any atom is -0.444 e. The third-order valence-electron chi connectivity index (χ3n) is 3.09. The Balaban J connectivity index is 1.73. The minimum atomic E-state index is -0.444. The first-order chi connectivity index (χ1) is 9.33. The molecule has 2 rings (SSSR count). The fourth-order valence-corrected chi connectivity index (χ4v) is 2.53. The maximum atomic E-state index is 11.6. The van der Waals surface area contributed by atoms with Crippen molar-refractivity contribution in [2.75, 3.05) is 5.32 Å². The number of halogens is 1. The van der Waals surface area contributed by atoms with Gasteiger partial charge in [-0.3, -0.25) is 0 Å². The third kappa shape index (κ3) is 4.40. The molecule has 0 spiro atoms. The van der Waals surface area contributed by atoms with Crippen LogP contribution in [0.25, 0.3) is 0 Å². The molecule has 0 saturated heterocycles. The summed E-state index contributed by atoms with van der Waals surface area (Å²) in [7, 11) is 0. The molecule has 0 heterocycles. The molecule has 1 aromatic carbocycles. The average Bonchev–Trinajstić information content (AvgIpc) is 2.26. The van der Waals surface area contributed by atoms with Crippen molar-refractivity contribution in [3.8, 4) is 0 Å². The molecule has 2 N–H and O–H groups in total. The van der Waals surface area contributed by atoms with Gasteiger partial charge >= 0.3 is 6.09 Å². The maximum Gasteiger partial charge on any atom is 0.407 e. The summed E-state index contributed by atoms with van der Waals surface area (Å²) in [6, 6.07) is 8.64. The zero-order valence-corrected chi connectivity index (χ0v) is 13.7. The highest BCUT2D eigenvalue weighted by Crippen LogP contribution is 2.28. The zero-order chi connectivity index (χ0) is 14.8. The Morgan fingerprint density at radius 1 is 1.25 bits per heavy atom. The molecule has 0 bridgehead atoms. The van der Waals surface area contributed by atoms with Crippen molar-refractivity contribution >= 4 is 27.7 Å². The topological polar surface area (TPSA) is 50.4 Å². The van der Waals surface area contributed by atoms with E-state index in [1.807, 2.05) is 45.0 Å². The van der Waals surface area contributed by atoms with E-state index in [-0.39, 0.29) is 12.1 Å². The van der Waals surface area contributed by atoms with Gasteiger partial charge in [0, 0.05) is 22.2 Å². The van der Waals surface area contributed by atoms with Crippen molar-refractivity contribution in [3.05, 3.63) is 28.7 Å². The summed E-state index contributed by atoms with van der Waals surface area (Å²) in [6.45, 7) is 5.60. The number of rotatable bonds is 3. The molecule has 0 atom stereocenters. The Kier molecular flexibility index (Phi) is 4.58. The predicted octanol–water partition coefficient (Wildman–Crippen LogP) is 3.92. The second kappa shape index (κ2) is 6.04. The molecule has 0 aliphatic heterocycles. The Morgan fingerprint density at radius 3 is 2.50 bits per heavy atom. The van der Waals surface area contributed by atoms with Crippen molar-refractivity contribution in [1.82, 2.24) is 5.32 Å². The lowest BCUT2D eigenvalue weighted by Gasteiger charge is -2.37. The number of alkyl carbamates (subject to hydrolysis) is 1. The molecule has 1 saturated carbocycles. The molecular formula is C15H21BrN2O2. The largest absolute Gasteiger partial charge is 0.444 e. The summed E-state index contributed by atoms with van der Waals surface area (Å²) in [5.41, 5.74) is 0.647. The quantitative estimate of drug-likeness (QED) is 0.876. The molecule has 1 aromatic rings. The molecule has 0 unspecified atom stereocenters. The Morgan fingerprint density at radius 2 is 1.90 bits per heavy atom. The molecule has 1 amide bonds. The van der Waals surface area contributed by atoms with Gasteiger partial charge in [-0.25, -0.2) is 4.79 Å². The van der Waals surface area contributed by atoms with E-state index in [0.717, 1.165) is 23.0 Å². The number of ether oxygens (including phenoxy) is 1. The molecule has 1 aliphatic carbocycles. The van der Waals surface area contributed by atoms with Crippen molar-refractivity contribution in [2.24, 2.45) is 0 Å². The fraction of sp³-hybridized carbons (Fsp3) is 0.533. The summed E-state index contributed by atoms with van der Waals surface area (Å²) < 4.78 is 6.30. The smallest absolute Gasteiger partial charge is 0.407 e. The first kappa shape index (κ1) is 15.2. The second-order valence-electron chi connectivity index (χ2n) is 6.14. The van der Waals surface area contributed by atoms with Crippen molar-refractivity contribution < 1.29 is 9.53 Å². The SMILES string of the molecule is CC(C)(C)OC(=O)NC1CC(Nc2ccccc2Br)C1. The average molecular weight is 341 g/mol. The summed E-state index contributed by atoms with van der Waals surface area (Å²) in [5, 5.41) is 6.35. The van der Waals surface area contributed by atoms with Crippen molar-refractivity contribution in [1.29, 1.82) is 0 Å². The van der Waals surface area contributed by atoms with Crippen LogP contribution in [0.15, 0.2) is 28.7 Å². The van der Waals surface area contributed by atoms with Gasteiger partial charge in [-0.2, -0.15) is 0 Å². The van der Waals surface area contributed by atoms with Gasteiger partial charge in [0.25, 0.3) is 0 Å². The van der Waals surface area contributed by atoms with E-state index in [2.05, 4.69) is 26.6 Å². The zero-order valence-electron chi connectivity index (χ0n) is 12.1. The summed E-state index contributed by atoms with van der Waals surface area (Å²) >= 11 is 3.51. The van der Waals surface area contributed by atoms with E-state index in [1.54, 1.807) is 0 Å². The molecule has 4 nitrogen and oxygen atoms in total. The molecule has 5 heteroatoms. The van der Waals surface area contributed by atoms with E-state index >= 15 is 0 Å². The molecule has 1 aliphatic rings. The summed E-state index contributed by atoms with van der Waals surface area (Å²) in [5.74, 6) is 0. The number of hydrogen-bond acceptors (Lipinski definition) is 3. The van der Waals surface area contributed by atoms with E-state index in [4.69, 9.17) is 4.74 Å². The van der Waals surface area contributed by atoms with Crippen molar-refractivity contribution in [3.63, 3.8) is 0 Å². The second-order valence-corrected chi connectivity index (χ2v) is 6.99. The molecular weight excluding hydrogens is 320 g/mol. The van der Waals surface area contributed by atoms with Gasteiger partial charge in [0.05, 0.1) is 0 Å². The molecule has 0 radical (unpaired) electrons. The number of amides is 1. The number of anilines is 1. The Hall–Kier alpha value is -1.23. The highest BCUT2D eigenvalue weighted by atomic mass is 79.9. The highest BCUT2D eigenvalue weighted by Gasteiger charge is 2.31. The number of carbonyl (C=O) groups excluding carboxylic acids is 1. The highest BCUT2D eigenvalue weighted by molar-refractivity contribution is 9.10. The van der Waals surface area contributed by atoms with Crippen molar-refractivity contribution in [2.45, 2.75) is 51.3 Å². The van der Waals surface area contributed by atoms with Gasteiger partial charge in [-0.1, -0.05) is 12.1 Å². The van der Waals surface area contributed by atoms with E-state index in [9.17, 15) is 4.79 Å². The fourth-order valence-electron chi connectivity index (χ4n) is 2.13. The van der Waals surface area contributed by atoms with Gasteiger partial charge in [0.15, 0.2) is 0 Å². The number of benzene rings is 1. The number of carbonyl (C=O) groups is 1. The first-order valence-electron chi connectivity index (χ1n) is 6.84. The van der Waals surface area contributed by atoms with E-state index < -0.39 is 5.60 Å². The van der Waals surface area contributed by atoms with Gasteiger partial charge < -0.3 is 15.4 Å². The number of hydrogen-bond donors (Lipinski definition) is 2. The molecule has 0 aromatic heterocycles. The molecule has 110 valence electrons. The first-order valence-corrected chi connectivity index (χ1v) is 7.63. The lowest BCUT2D eigenvalue weighted by molar-refractivity contribution is 0.0475. The lowest BCUT2D eigenvalue weighted by atomic mass is 9.86. The van der Waals surface area contributed by atoms with Gasteiger partial charge in [0.2, 0.25) is 0 Å². The van der Waals surface area contributed by atoms with Gasteiger partial charge in [-0.15, -0.1) is 0 Å². The normalized spacial score (nSPS) is 21.8. The van der Waals surface area contributed by atoms with Crippen LogP contribution in [0.2, 0.25) is 0 Å². The Labute approximate surface area is 128 Å². The van der Waals surface area contributed by atoms with E-state index in [1.165, 1.54) is 0 Å². The van der Waals surface area contributed by atoms with Crippen LogP contribution in [0.4, 0.5) is 10.5 Å². The minimum absolute atomic E-state index is 0.199. The Bertz CT molecular complexity index is 479. The standard InChI is InChI=1S/C15H21BrN2O2/c1-15(2,3)20-14(19)18-11-8-10(9-11)17-13-7-5-4-6-12(13)16/h4-7,10-11,17H,8-9H2,1-3H3,(H,18,19). The monoisotopic (exact) mass is 340 g/mol. The van der Waals surface area contributed by atoms with Crippen LogP contribution >= 0.6 is 15.9 Å². The summed E-state index contributed by atoms with van der Waals surface area (Å²) in [4.78, 5) is 11.6. The van der Waals surface area contributed by atoms with Gasteiger partial charge in [-0.05, 0) is 61.7 Å². The van der Waals surface area contributed by atoms with E-state index in [0.29, 0.717) is 6.04 Å². The lowest BCUT2D eigenvalue weighted by Crippen LogP contribution is -2.50. The summed E-state index contributed by atoms with van der Waals surface area (Å²) in [6.07, 6.45) is 1.50. The number of nitrogens with one attached hydrogen (secondary N) is 2. The molecule has 20 heavy (non-hydrogen) atoms. The van der Waals surface area contributed by atoms with Crippen LogP contribution in [0, 0.1) is 0 Å². The molecule has 1 fully saturated rings.